The molecule has 0 spiro atoms. The summed E-state index contributed by atoms with van der Waals surface area (Å²) < 4.78 is 5.42. The van der Waals surface area contributed by atoms with Gasteiger partial charge in [0.1, 0.15) is 0 Å². The highest BCUT2D eigenvalue weighted by Crippen LogP contribution is 2.33. The summed E-state index contributed by atoms with van der Waals surface area (Å²) in [7, 11) is 0. The van der Waals surface area contributed by atoms with E-state index in [-0.39, 0.29) is 12.0 Å². The fourth-order valence-electron chi connectivity index (χ4n) is 3.78. The van der Waals surface area contributed by atoms with Crippen molar-refractivity contribution < 1.29 is 9.53 Å². The molecule has 3 heteroatoms. The van der Waals surface area contributed by atoms with Gasteiger partial charge in [0.15, 0.2) is 0 Å². The molecule has 1 amide bonds. The van der Waals surface area contributed by atoms with Crippen molar-refractivity contribution in [3.63, 3.8) is 0 Å². The van der Waals surface area contributed by atoms with Gasteiger partial charge in [-0.3, -0.25) is 4.79 Å². The van der Waals surface area contributed by atoms with Crippen LogP contribution in [0.3, 0.4) is 0 Å². The fraction of sp³-hybridized carbons (Fsp3) is 0.632. The van der Waals surface area contributed by atoms with Gasteiger partial charge in [0.25, 0.3) is 0 Å². The molecule has 2 aliphatic heterocycles. The summed E-state index contributed by atoms with van der Waals surface area (Å²) >= 11 is 0. The second kappa shape index (κ2) is 7.28. The largest absolute Gasteiger partial charge is 0.381 e. The van der Waals surface area contributed by atoms with E-state index in [4.69, 9.17) is 4.74 Å². The van der Waals surface area contributed by atoms with Gasteiger partial charge in [-0.1, -0.05) is 42.7 Å². The lowest BCUT2D eigenvalue weighted by Gasteiger charge is -2.34. The summed E-state index contributed by atoms with van der Waals surface area (Å²) in [6.07, 6.45) is 6.46. The fourth-order valence-corrected chi connectivity index (χ4v) is 3.78. The van der Waals surface area contributed by atoms with Crippen molar-refractivity contribution in [3.8, 4) is 0 Å². The van der Waals surface area contributed by atoms with Crippen molar-refractivity contribution in [1.82, 2.24) is 4.90 Å². The number of benzene rings is 1. The van der Waals surface area contributed by atoms with Crippen LogP contribution in [0.4, 0.5) is 0 Å². The molecule has 3 nitrogen and oxygen atoms in total. The Morgan fingerprint density at radius 1 is 1.14 bits per heavy atom. The number of carbonyl (C=O) groups excluding carboxylic acids is 1. The zero-order valence-electron chi connectivity index (χ0n) is 13.6. The molecule has 2 aliphatic rings. The van der Waals surface area contributed by atoms with E-state index in [1.807, 2.05) is 0 Å². The van der Waals surface area contributed by atoms with Gasteiger partial charge < -0.3 is 9.64 Å². The molecule has 120 valence electrons. The number of ether oxygens (including phenoxy) is 1. The minimum absolute atomic E-state index is 0.166. The first-order valence-electron chi connectivity index (χ1n) is 8.70. The SMILES string of the molecule is Cc1cccc(C2CCCCCN2C(=O)C2CCOCC2)c1. The molecule has 0 N–H and O–H groups in total. The third-order valence-corrected chi connectivity index (χ3v) is 5.03. The summed E-state index contributed by atoms with van der Waals surface area (Å²) in [5, 5.41) is 0. The number of rotatable bonds is 2. The van der Waals surface area contributed by atoms with Crippen LogP contribution in [0.25, 0.3) is 0 Å². The Morgan fingerprint density at radius 3 is 2.73 bits per heavy atom. The number of nitrogens with zero attached hydrogens (tertiary/aromatic N) is 1. The second-order valence-electron chi connectivity index (χ2n) is 6.70. The van der Waals surface area contributed by atoms with E-state index in [0.717, 1.165) is 45.4 Å². The summed E-state index contributed by atoms with van der Waals surface area (Å²) in [5.41, 5.74) is 2.59. The molecule has 3 rings (SSSR count). The predicted octanol–water partition coefficient (Wildman–Crippen LogP) is 3.87. The lowest BCUT2D eigenvalue weighted by atomic mass is 9.94. The van der Waals surface area contributed by atoms with Gasteiger partial charge in [0, 0.05) is 25.7 Å². The monoisotopic (exact) mass is 301 g/mol. The molecule has 22 heavy (non-hydrogen) atoms. The first-order chi connectivity index (χ1) is 10.8. The molecule has 0 aromatic heterocycles. The standard InChI is InChI=1S/C19H27NO2/c1-15-6-5-7-17(14-15)18-8-3-2-4-11-20(18)19(21)16-9-12-22-13-10-16/h5-7,14,16,18H,2-4,8-13H2,1H3. The van der Waals surface area contributed by atoms with E-state index >= 15 is 0 Å². The maximum atomic E-state index is 13.0. The smallest absolute Gasteiger partial charge is 0.226 e. The highest BCUT2D eigenvalue weighted by molar-refractivity contribution is 5.79. The van der Waals surface area contributed by atoms with Gasteiger partial charge in [-0.25, -0.2) is 0 Å². The molecule has 2 heterocycles. The lowest BCUT2D eigenvalue weighted by molar-refractivity contribution is -0.141. The molecule has 0 saturated carbocycles. The summed E-state index contributed by atoms with van der Waals surface area (Å²) in [5.74, 6) is 0.524. The van der Waals surface area contributed by atoms with Gasteiger partial charge >= 0.3 is 0 Å². The number of hydrogen-bond acceptors (Lipinski definition) is 2. The highest BCUT2D eigenvalue weighted by Gasteiger charge is 2.32. The molecular weight excluding hydrogens is 274 g/mol. The topological polar surface area (TPSA) is 29.5 Å². The summed E-state index contributed by atoms with van der Waals surface area (Å²) in [4.78, 5) is 15.2. The minimum Gasteiger partial charge on any atom is -0.381 e. The third kappa shape index (κ3) is 3.52. The van der Waals surface area contributed by atoms with Gasteiger partial charge in [-0.05, 0) is 38.2 Å². The number of aryl methyl sites for hydroxylation is 1. The average molecular weight is 301 g/mol. The first kappa shape index (κ1) is 15.5. The van der Waals surface area contributed by atoms with Crippen LogP contribution in [0.15, 0.2) is 24.3 Å². The van der Waals surface area contributed by atoms with Crippen molar-refractivity contribution in [3.05, 3.63) is 35.4 Å². The van der Waals surface area contributed by atoms with Crippen molar-refractivity contribution >= 4 is 5.91 Å². The minimum atomic E-state index is 0.166. The van der Waals surface area contributed by atoms with E-state index < -0.39 is 0 Å². The molecule has 1 aromatic rings. The van der Waals surface area contributed by atoms with Crippen molar-refractivity contribution in [2.75, 3.05) is 19.8 Å². The predicted molar refractivity (Wildman–Crippen MR) is 87.6 cm³/mol. The van der Waals surface area contributed by atoms with Gasteiger partial charge in [0.2, 0.25) is 5.91 Å². The Balaban J connectivity index is 1.82. The highest BCUT2D eigenvalue weighted by atomic mass is 16.5. The quantitative estimate of drug-likeness (QED) is 0.830. The van der Waals surface area contributed by atoms with Gasteiger partial charge in [0.05, 0.1) is 6.04 Å². The molecule has 1 unspecified atom stereocenters. The Kier molecular flexibility index (Phi) is 5.14. The van der Waals surface area contributed by atoms with E-state index in [2.05, 4.69) is 36.1 Å². The third-order valence-electron chi connectivity index (χ3n) is 5.03. The van der Waals surface area contributed by atoms with Crippen LogP contribution in [0.1, 0.15) is 55.7 Å². The van der Waals surface area contributed by atoms with E-state index in [1.165, 1.54) is 24.0 Å². The Hall–Kier alpha value is -1.35. The molecule has 0 bridgehead atoms. The van der Waals surface area contributed by atoms with E-state index in [1.54, 1.807) is 0 Å². The molecule has 0 radical (unpaired) electrons. The average Bonchev–Trinajstić information content (AvgIpc) is 2.81. The first-order valence-corrected chi connectivity index (χ1v) is 8.70. The van der Waals surface area contributed by atoms with Crippen molar-refractivity contribution in [2.24, 2.45) is 5.92 Å². The van der Waals surface area contributed by atoms with Crippen LogP contribution >= 0.6 is 0 Å². The number of likely N-dealkylation sites (tertiary alicyclic amines) is 1. The lowest BCUT2D eigenvalue weighted by Crippen LogP contribution is -2.40. The van der Waals surface area contributed by atoms with Crippen molar-refractivity contribution in [1.29, 1.82) is 0 Å². The zero-order valence-corrected chi connectivity index (χ0v) is 13.6. The number of amides is 1. The molecule has 1 aromatic carbocycles. The Morgan fingerprint density at radius 2 is 1.95 bits per heavy atom. The van der Waals surface area contributed by atoms with Gasteiger partial charge in [-0.2, -0.15) is 0 Å². The zero-order chi connectivity index (χ0) is 15.4. The van der Waals surface area contributed by atoms with Crippen LogP contribution < -0.4 is 0 Å². The molecule has 2 saturated heterocycles. The van der Waals surface area contributed by atoms with Crippen LogP contribution in [-0.4, -0.2) is 30.6 Å². The number of carbonyl (C=O) groups is 1. The summed E-state index contributed by atoms with van der Waals surface area (Å²) in [6.45, 7) is 4.51. The summed E-state index contributed by atoms with van der Waals surface area (Å²) in [6, 6.07) is 8.95. The van der Waals surface area contributed by atoms with Crippen LogP contribution in [0, 0.1) is 12.8 Å². The molecular formula is C19H27NO2. The maximum Gasteiger partial charge on any atom is 0.226 e. The molecule has 0 aliphatic carbocycles. The molecule has 2 fully saturated rings. The van der Waals surface area contributed by atoms with E-state index in [0.29, 0.717) is 5.91 Å². The number of hydrogen-bond donors (Lipinski definition) is 0. The van der Waals surface area contributed by atoms with Crippen molar-refractivity contribution in [2.45, 2.75) is 51.5 Å². The normalized spacial score (nSPS) is 24.0. The van der Waals surface area contributed by atoms with Crippen LogP contribution in [0.5, 0.6) is 0 Å². The van der Waals surface area contributed by atoms with Crippen LogP contribution in [-0.2, 0) is 9.53 Å². The Labute approximate surface area is 133 Å². The molecule has 1 atom stereocenters. The van der Waals surface area contributed by atoms with Gasteiger partial charge in [-0.15, -0.1) is 0 Å². The Bertz CT molecular complexity index is 508. The maximum absolute atomic E-state index is 13.0. The van der Waals surface area contributed by atoms with E-state index in [9.17, 15) is 4.79 Å². The van der Waals surface area contributed by atoms with Crippen LogP contribution in [0.2, 0.25) is 0 Å². The second-order valence-corrected chi connectivity index (χ2v) is 6.70.